The molecule has 66 heavy (non-hydrogen) atoms. The number of nitrogens with zero attached hydrogens (tertiary/aromatic N) is 5. The number of para-hydroxylation sites is 2. The highest BCUT2D eigenvalue weighted by atomic mass is 15.0. The second-order valence-electron chi connectivity index (χ2n) is 19.6. The molecule has 5 nitrogen and oxygen atoms in total. The molecule has 0 bridgehead atoms. The van der Waals surface area contributed by atoms with Crippen LogP contribution in [0.4, 0.5) is 0 Å². The zero-order valence-corrected chi connectivity index (χ0v) is 37.5. The maximum absolute atomic E-state index is 5.36. The topological polar surface area (TPSA) is 48.5 Å². The van der Waals surface area contributed by atoms with Crippen LogP contribution in [0, 0.1) is 0 Å². The Kier molecular flexibility index (Phi) is 8.36. The van der Waals surface area contributed by atoms with Gasteiger partial charge >= 0.3 is 0 Å². The Hall–Kier alpha value is -7.89. The van der Waals surface area contributed by atoms with Crippen LogP contribution in [0.1, 0.15) is 51.7 Å². The molecule has 1 aliphatic carbocycles. The number of rotatable bonds is 5. The molecule has 3 heterocycles. The van der Waals surface area contributed by atoms with Crippen LogP contribution in [0.15, 0.2) is 188 Å². The predicted octanol–water partition coefficient (Wildman–Crippen LogP) is 15.7. The van der Waals surface area contributed by atoms with Crippen molar-refractivity contribution in [3.05, 3.63) is 199 Å². The Balaban J connectivity index is 1.03. The molecule has 0 radical (unpaired) electrons. The van der Waals surface area contributed by atoms with Gasteiger partial charge in [-0.2, -0.15) is 0 Å². The molecular weight excluding hydrogens is 803 g/mol. The molecule has 5 heteroatoms. The molecule has 0 saturated heterocycles. The Morgan fingerprint density at radius 1 is 0.333 bits per heavy atom. The van der Waals surface area contributed by atoms with Crippen LogP contribution >= 0.6 is 0 Å². The second-order valence-corrected chi connectivity index (χ2v) is 19.6. The van der Waals surface area contributed by atoms with Crippen molar-refractivity contribution in [2.45, 2.75) is 51.4 Å². The van der Waals surface area contributed by atoms with Gasteiger partial charge in [0.2, 0.25) is 0 Å². The summed E-state index contributed by atoms with van der Waals surface area (Å²) in [6, 6.07) is 68.1. The molecule has 9 aromatic carbocycles. The Morgan fingerprint density at radius 3 is 1.58 bits per heavy atom. The van der Waals surface area contributed by atoms with Crippen molar-refractivity contribution in [3.8, 4) is 45.5 Å². The zero-order valence-electron chi connectivity index (χ0n) is 37.5. The van der Waals surface area contributed by atoms with E-state index < -0.39 is 0 Å². The van der Waals surface area contributed by atoms with Gasteiger partial charge in [-0.25, -0.2) is 15.0 Å². The van der Waals surface area contributed by atoms with Crippen molar-refractivity contribution in [2.75, 3.05) is 0 Å². The summed E-state index contributed by atoms with van der Waals surface area (Å²) < 4.78 is 4.82. The third kappa shape index (κ3) is 6.03. The van der Waals surface area contributed by atoms with E-state index in [1.54, 1.807) is 0 Å². The van der Waals surface area contributed by atoms with E-state index in [1.165, 1.54) is 60.9 Å². The van der Waals surface area contributed by atoms with E-state index in [9.17, 15) is 0 Å². The van der Waals surface area contributed by atoms with Gasteiger partial charge in [-0.1, -0.05) is 137 Å². The summed E-state index contributed by atoms with van der Waals surface area (Å²) in [5, 5.41) is 9.67. The molecule has 13 rings (SSSR count). The molecule has 0 saturated carbocycles. The molecule has 12 aromatic rings. The zero-order chi connectivity index (χ0) is 44.3. The van der Waals surface area contributed by atoms with Crippen molar-refractivity contribution in [1.82, 2.24) is 24.1 Å². The molecule has 0 unspecified atom stereocenters. The van der Waals surface area contributed by atoms with Gasteiger partial charge in [0.15, 0.2) is 17.5 Å². The summed E-state index contributed by atoms with van der Waals surface area (Å²) in [5.41, 5.74) is 12.8. The number of aromatic nitrogens is 5. The average Bonchev–Trinajstić information content (AvgIpc) is 3.85. The first kappa shape index (κ1) is 38.6. The highest BCUT2D eigenvalue weighted by Gasteiger charge is 2.38. The van der Waals surface area contributed by atoms with Gasteiger partial charge in [0.25, 0.3) is 0 Å². The lowest BCUT2D eigenvalue weighted by Crippen LogP contribution is -2.33. The van der Waals surface area contributed by atoms with Gasteiger partial charge in [0.1, 0.15) is 0 Å². The summed E-state index contributed by atoms with van der Waals surface area (Å²) in [6.45, 7) is 9.67. The van der Waals surface area contributed by atoms with Gasteiger partial charge in [-0.15, -0.1) is 0 Å². The molecule has 0 fully saturated rings. The number of fused-ring (bicyclic) bond motifs is 9. The largest absolute Gasteiger partial charge is 0.309 e. The van der Waals surface area contributed by atoms with Gasteiger partial charge in [-0.05, 0) is 135 Å². The van der Waals surface area contributed by atoms with E-state index in [-0.39, 0.29) is 10.8 Å². The van der Waals surface area contributed by atoms with Crippen LogP contribution in [0.5, 0.6) is 0 Å². The molecule has 0 aliphatic heterocycles. The van der Waals surface area contributed by atoms with E-state index in [0.29, 0.717) is 17.5 Å². The quantitative estimate of drug-likeness (QED) is 0.173. The molecular formula is C61H47N5. The fourth-order valence-electron chi connectivity index (χ4n) is 10.9. The predicted molar refractivity (Wildman–Crippen MR) is 275 cm³/mol. The minimum atomic E-state index is 0.0623. The molecule has 1 aliphatic rings. The van der Waals surface area contributed by atoms with E-state index >= 15 is 0 Å². The number of benzene rings is 9. The normalized spacial score (nSPS) is 14.5. The van der Waals surface area contributed by atoms with Crippen LogP contribution in [-0.4, -0.2) is 24.1 Å². The van der Waals surface area contributed by atoms with E-state index in [2.05, 4.69) is 225 Å². The van der Waals surface area contributed by atoms with Crippen molar-refractivity contribution in [3.63, 3.8) is 0 Å². The highest BCUT2D eigenvalue weighted by Crippen LogP contribution is 2.49. The SMILES string of the molecule is CC1(C)CCC(C)(C)c2cc3c(cc21)c1cc2ccccc2cc1n3-c1cccc(-c2nc(-c3ccc4ccccc4c3)nc(-c3ccc4c(c3)c3ccccc3n4-c3ccccc3)n2)c1. The minimum absolute atomic E-state index is 0.0623. The average molecular weight is 850 g/mol. The smallest absolute Gasteiger partial charge is 0.164 e. The maximum atomic E-state index is 5.36. The Bertz CT molecular complexity index is 3940. The van der Waals surface area contributed by atoms with Gasteiger partial charge in [0, 0.05) is 49.6 Å². The van der Waals surface area contributed by atoms with Crippen molar-refractivity contribution in [1.29, 1.82) is 0 Å². The summed E-state index contributed by atoms with van der Waals surface area (Å²) in [5.74, 6) is 1.90. The summed E-state index contributed by atoms with van der Waals surface area (Å²) >= 11 is 0. The molecule has 316 valence electrons. The standard InChI is InChI=1S/C61H47N5/c1-60(2)29-30-61(3,4)52-37-56-50(36-51(52)60)49-33-40-17-10-11-18-41(40)35-55(49)66(56)46-22-14-19-42(32-46)57-62-58(43-26-25-38-15-8-9-16-39(38)31-43)64-59(63-57)44-27-28-54-48(34-44)47-23-12-13-24-53(47)65(54)45-20-6-5-7-21-45/h5-28,31-37H,29-30H2,1-4H3. The summed E-state index contributed by atoms with van der Waals surface area (Å²) in [6.07, 6.45) is 2.32. The first-order chi connectivity index (χ1) is 32.2. The van der Waals surface area contributed by atoms with Gasteiger partial charge < -0.3 is 9.13 Å². The summed E-state index contributed by atoms with van der Waals surface area (Å²) in [4.78, 5) is 15.9. The molecule has 0 atom stereocenters. The van der Waals surface area contributed by atoms with Crippen molar-refractivity contribution in [2.24, 2.45) is 0 Å². The fourth-order valence-corrected chi connectivity index (χ4v) is 10.9. The van der Waals surface area contributed by atoms with Crippen LogP contribution in [0.2, 0.25) is 0 Å². The Morgan fingerprint density at radius 2 is 0.833 bits per heavy atom. The lowest BCUT2D eigenvalue weighted by Gasteiger charge is -2.42. The number of hydrogen-bond donors (Lipinski definition) is 0. The second kappa shape index (κ2) is 14.3. The van der Waals surface area contributed by atoms with Crippen LogP contribution in [0.3, 0.4) is 0 Å². The highest BCUT2D eigenvalue weighted by molar-refractivity contribution is 6.14. The molecule has 0 spiro atoms. The van der Waals surface area contributed by atoms with Gasteiger partial charge in [-0.3, -0.25) is 0 Å². The summed E-state index contributed by atoms with van der Waals surface area (Å²) in [7, 11) is 0. The van der Waals surface area contributed by atoms with Crippen LogP contribution in [0.25, 0.3) is 111 Å². The fraction of sp³-hybridized carbons (Fsp3) is 0.131. The lowest BCUT2D eigenvalue weighted by molar-refractivity contribution is 0.332. The van der Waals surface area contributed by atoms with Crippen molar-refractivity contribution < 1.29 is 0 Å². The van der Waals surface area contributed by atoms with Crippen LogP contribution in [-0.2, 0) is 10.8 Å². The monoisotopic (exact) mass is 849 g/mol. The molecule has 0 amide bonds. The third-order valence-electron chi connectivity index (χ3n) is 14.6. The first-order valence-corrected chi connectivity index (χ1v) is 23.1. The van der Waals surface area contributed by atoms with E-state index in [1.807, 2.05) is 0 Å². The van der Waals surface area contributed by atoms with E-state index in [4.69, 9.17) is 15.0 Å². The third-order valence-corrected chi connectivity index (χ3v) is 14.6. The van der Waals surface area contributed by atoms with Gasteiger partial charge in [0.05, 0.1) is 22.1 Å². The van der Waals surface area contributed by atoms with Crippen LogP contribution < -0.4 is 0 Å². The Labute approximate surface area is 383 Å². The molecule has 0 N–H and O–H groups in total. The first-order valence-electron chi connectivity index (χ1n) is 23.1. The minimum Gasteiger partial charge on any atom is -0.309 e. The maximum Gasteiger partial charge on any atom is 0.164 e. The number of hydrogen-bond acceptors (Lipinski definition) is 3. The van der Waals surface area contributed by atoms with E-state index in [0.717, 1.165) is 56.3 Å². The molecule has 3 aromatic heterocycles. The lowest BCUT2D eigenvalue weighted by atomic mass is 9.63. The van der Waals surface area contributed by atoms with Crippen molar-refractivity contribution >= 4 is 65.2 Å².